The van der Waals surface area contributed by atoms with Gasteiger partial charge in [0.1, 0.15) is 29.3 Å². The van der Waals surface area contributed by atoms with E-state index in [1.807, 2.05) is 6.07 Å². The van der Waals surface area contributed by atoms with Crippen LogP contribution in [0, 0.1) is 0 Å². The van der Waals surface area contributed by atoms with Crippen LogP contribution in [0.25, 0.3) is 11.0 Å². The Hall–Kier alpha value is -3.45. The highest BCUT2D eigenvalue weighted by Crippen LogP contribution is 2.26. The number of para-hydroxylation sites is 1. The van der Waals surface area contributed by atoms with Crippen molar-refractivity contribution in [2.24, 2.45) is 0 Å². The number of hydrogen-bond donors (Lipinski definition) is 0. The van der Waals surface area contributed by atoms with Crippen molar-refractivity contribution in [1.29, 1.82) is 0 Å². The first-order chi connectivity index (χ1) is 14.1. The van der Waals surface area contributed by atoms with E-state index in [2.05, 4.69) is 20.9 Å². The Kier molecular flexibility index (Phi) is 5.39. The summed E-state index contributed by atoms with van der Waals surface area (Å²) in [5.41, 5.74) is 0.731. The summed E-state index contributed by atoms with van der Waals surface area (Å²) in [6.07, 6.45) is 3.18. The number of rotatable bonds is 5. The first-order valence-corrected chi connectivity index (χ1v) is 9.46. The fraction of sp³-hybridized carbons (Fsp3) is 0.0455. The number of benzene rings is 2. The lowest BCUT2D eigenvalue weighted by molar-refractivity contribution is 0.0471. The number of hydrogen-bond acceptors (Lipinski definition) is 6. The molecule has 2 aromatic heterocycles. The number of fused-ring (bicyclic) bond motifs is 1. The van der Waals surface area contributed by atoms with Gasteiger partial charge in [-0.05, 0) is 42.5 Å². The van der Waals surface area contributed by atoms with Crippen molar-refractivity contribution >= 4 is 32.9 Å². The van der Waals surface area contributed by atoms with E-state index in [0.717, 1.165) is 4.47 Å². The van der Waals surface area contributed by atoms with Crippen LogP contribution in [0.4, 0.5) is 0 Å². The monoisotopic (exact) mass is 451 g/mol. The second-order valence-electron chi connectivity index (χ2n) is 6.09. The van der Waals surface area contributed by atoms with Gasteiger partial charge in [-0.1, -0.05) is 28.1 Å². The third-order valence-corrected chi connectivity index (χ3v) is 4.61. The van der Waals surface area contributed by atoms with Crippen molar-refractivity contribution in [2.75, 3.05) is 0 Å². The molecule has 0 bridgehead atoms. The molecular weight excluding hydrogens is 438 g/mol. The zero-order chi connectivity index (χ0) is 20.2. The molecule has 0 saturated heterocycles. The number of ether oxygens (including phenoxy) is 2. The van der Waals surface area contributed by atoms with Gasteiger partial charge in [0.05, 0.1) is 6.20 Å². The van der Waals surface area contributed by atoms with Crippen LogP contribution in [-0.2, 0) is 11.3 Å². The van der Waals surface area contributed by atoms with Crippen LogP contribution in [0.2, 0.25) is 0 Å². The van der Waals surface area contributed by atoms with Gasteiger partial charge in [-0.3, -0.25) is 4.98 Å². The maximum absolute atomic E-state index is 12.7. The SMILES string of the molecule is O=C(OCc1cc(=O)oc2cc(Br)ccc12)c1ccccc1Oc1cccnc1. The van der Waals surface area contributed by atoms with Gasteiger partial charge >= 0.3 is 11.6 Å². The molecule has 0 unspecified atom stereocenters. The van der Waals surface area contributed by atoms with Crippen LogP contribution in [-0.4, -0.2) is 11.0 Å². The van der Waals surface area contributed by atoms with Crippen LogP contribution in [0.15, 0.2) is 86.7 Å². The van der Waals surface area contributed by atoms with Crippen molar-refractivity contribution in [2.45, 2.75) is 6.61 Å². The number of carbonyl (C=O) groups is 1. The fourth-order valence-corrected chi connectivity index (χ4v) is 3.14. The summed E-state index contributed by atoms with van der Waals surface area (Å²) in [5.74, 6) is 0.292. The molecule has 7 heteroatoms. The molecule has 0 N–H and O–H groups in total. The van der Waals surface area contributed by atoms with Gasteiger partial charge in [-0.15, -0.1) is 0 Å². The maximum Gasteiger partial charge on any atom is 0.342 e. The molecule has 2 aromatic carbocycles. The lowest BCUT2D eigenvalue weighted by atomic mass is 10.1. The third kappa shape index (κ3) is 4.35. The summed E-state index contributed by atoms with van der Waals surface area (Å²) < 4.78 is 17.2. The largest absolute Gasteiger partial charge is 0.457 e. The van der Waals surface area contributed by atoms with E-state index in [9.17, 15) is 9.59 Å². The minimum absolute atomic E-state index is 0.0796. The number of esters is 1. The van der Waals surface area contributed by atoms with Crippen molar-refractivity contribution in [3.05, 3.63) is 99.1 Å². The van der Waals surface area contributed by atoms with E-state index < -0.39 is 11.6 Å². The van der Waals surface area contributed by atoms with Crippen LogP contribution < -0.4 is 10.4 Å². The molecule has 2 heterocycles. The first-order valence-electron chi connectivity index (χ1n) is 8.66. The van der Waals surface area contributed by atoms with Gasteiger partial charge in [0.2, 0.25) is 0 Å². The first kappa shape index (κ1) is 18.9. The van der Waals surface area contributed by atoms with Crippen LogP contribution in [0.1, 0.15) is 15.9 Å². The molecule has 0 saturated carbocycles. The molecule has 0 amide bonds. The van der Waals surface area contributed by atoms with Gasteiger partial charge in [0.25, 0.3) is 0 Å². The van der Waals surface area contributed by atoms with E-state index >= 15 is 0 Å². The number of halogens is 1. The summed E-state index contributed by atoms with van der Waals surface area (Å²) in [6, 6.07) is 16.9. The van der Waals surface area contributed by atoms with Gasteiger partial charge in [-0.25, -0.2) is 9.59 Å². The molecule has 0 atom stereocenters. The molecule has 4 aromatic rings. The molecule has 4 rings (SSSR count). The second-order valence-corrected chi connectivity index (χ2v) is 7.01. The minimum Gasteiger partial charge on any atom is -0.457 e. The Morgan fingerprint density at radius 1 is 1.07 bits per heavy atom. The molecule has 0 radical (unpaired) electrons. The van der Waals surface area contributed by atoms with E-state index in [1.54, 1.807) is 60.9 Å². The molecular formula is C22H14BrNO5. The lowest BCUT2D eigenvalue weighted by Crippen LogP contribution is -2.09. The summed E-state index contributed by atoms with van der Waals surface area (Å²) in [4.78, 5) is 28.5. The average Bonchev–Trinajstić information content (AvgIpc) is 2.72. The van der Waals surface area contributed by atoms with Crippen molar-refractivity contribution in [1.82, 2.24) is 4.98 Å². The summed E-state index contributed by atoms with van der Waals surface area (Å²) in [5, 5.41) is 0.695. The fourth-order valence-electron chi connectivity index (χ4n) is 2.80. The van der Waals surface area contributed by atoms with Gasteiger partial charge in [0, 0.05) is 27.7 Å². The summed E-state index contributed by atoms with van der Waals surface area (Å²) in [6.45, 7) is -0.0796. The predicted molar refractivity (Wildman–Crippen MR) is 110 cm³/mol. The zero-order valence-electron chi connectivity index (χ0n) is 15.0. The Balaban J connectivity index is 1.57. The smallest absolute Gasteiger partial charge is 0.342 e. The highest BCUT2D eigenvalue weighted by Gasteiger charge is 2.16. The Labute approximate surface area is 173 Å². The van der Waals surface area contributed by atoms with E-state index in [0.29, 0.717) is 28.0 Å². The van der Waals surface area contributed by atoms with E-state index in [4.69, 9.17) is 13.9 Å². The molecule has 144 valence electrons. The number of carbonyl (C=O) groups excluding carboxylic acids is 1. The molecule has 0 fully saturated rings. The maximum atomic E-state index is 12.7. The third-order valence-electron chi connectivity index (χ3n) is 4.12. The average molecular weight is 452 g/mol. The topological polar surface area (TPSA) is 78.6 Å². The van der Waals surface area contributed by atoms with E-state index in [1.165, 1.54) is 6.07 Å². The normalized spacial score (nSPS) is 10.7. The Morgan fingerprint density at radius 2 is 1.93 bits per heavy atom. The van der Waals surface area contributed by atoms with Crippen molar-refractivity contribution in [3.63, 3.8) is 0 Å². The van der Waals surface area contributed by atoms with Crippen LogP contribution in [0.3, 0.4) is 0 Å². The number of nitrogens with zero attached hydrogens (tertiary/aromatic N) is 1. The number of aromatic nitrogens is 1. The Morgan fingerprint density at radius 3 is 2.76 bits per heavy atom. The lowest BCUT2D eigenvalue weighted by Gasteiger charge is -2.11. The van der Waals surface area contributed by atoms with Crippen molar-refractivity contribution in [3.8, 4) is 11.5 Å². The molecule has 6 nitrogen and oxygen atoms in total. The van der Waals surface area contributed by atoms with Gasteiger partial charge in [0.15, 0.2) is 0 Å². The standard InChI is InChI=1S/C22H14BrNO5/c23-15-7-8-17-14(10-21(25)29-20(17)11-15)13-27-22(26)18-5-1-2-6-19(18)28-16-4-3-9-24-12-16/h1-12H,13H2. The number of pyridine rings is 1. The highest BCUT2D eigenvalue weighted by molar-refractivity contribution is 9.10. The molecule has 0 spiro atoms. The molecule has 0 aliphatic rings. The summed E-state index contributed by atoms with van der Waals surface area (Å²) in [7, 11) is 0. The minimum atomic E-state index is -0.567. The van der Waals surface area contributed by atoms with Gasteiger partial charge < -0.3 is 13.9 Å². The molecule has 29 heavy (non-hydrogen) atoms. The quantitative estimate of drug-likeness (QED) is 0.310. The summed E-state index contributed by atoms with van der Waals surface area (Å²) >= 11 is 3.34. The highest BCUT2D eigenvalue weighted by atomic mass is 79.9. The molecule has 0 aliphatic carbocycles. The zero-order valence-corrected chi connectivity index (χ0v) is 16.6. The molecule has 0 aliphatic heterocycles. The van der Waals surface area contributed by atoms with Crippen LogP contribution >= 0.6 is 15.9 Å². The Bertz CT molecular complexity index is 1240. The van der Waals surface area contributed by atoms with Crippen LogP contribution in [0.5, 0.6) is 11.5 Å². The van der Waals surface area contributed by atoms with Crippen molar-refractivity contribution < 1.29 is 18.7 Å². The van der Waals surface area contributed by atoms with Gasteiger partial charge in [-0.2, -0.15) is 0 Å². The van der Waals surface area contributed by atoms with E-state index in [-0.39, 0.29) is 12.2 Å². The predicted octanol–water partition coefficient (Wildman–Crippen LogP) is 5.10. The second kappa shape index (κ2) is 8.28.